The van der Waals surface area contributed by atoms with Gasteiger partial charge >= 0.3 is 12.4 Å². The molecule has 0 heterocycles. The van der Waals surface area contributed by atoms with Gasteiger partial charge in [0.25, 0.3) is 0 Å². The topological polar surface area (TPSA) is 26.0 Å². The number of hydrogen-bond acceptors (Lipinski definition) is 1. The van der Waals surface area contributed by atoms with E-state index in [1.165, 1.54) is 0 Å². The van der Waals surface area contributed by atoms with Crippen LogP contribution in [-0.2, 0) is 6.42 Å². The zero-order chi connectivity index (χ0) is 14.7. The van der Waals surface area contributed by atoms with Crippen molar-refractivity contribution in [1.29, 1.82) is 0 Å². The van der Waals surface area contributed by atoms with E-state index in [0.717, 1.165) is 0 Å². The zero-order valence-corrected chi connectivity index (χ0v) is 9.80. The standard InChI is InChI=1S/C12H13F6N/c13-11(14,15)10(12(16,17)18)9(19)7-6-8-4-2-1-3-5-8/h1-5,9-10H,6-7,19H2. The first-order valence-electron chi connectivity index (χ1n) is 5.55. The molecule has 1 unspecified atom stereocenters. The number of halogens is 6. The second-order valence-corrected chi connectivity index (χ2v) is 4.25. The van der Waals surface area contributed by atoms with Crippen molar-refractivity contribution < 1.29 is 26.3 Å². The minimum Gasteiger partial charge on any atom is -0.327 e. The molecule has 2 N–H and O–H groups in total. The van der Waals surface area contributed by atoms with Gasteiger partial charge < -0.3 is 5.73 Å². The van der Waals surface area contributed by atoms with Crippen LogP contribution in [0.3, 0.4) is 0 Å². The molecule has 0 aliphatic rings. The van der Waals surface area contributed by atoms with Crippen LogP contribution in [0.2, 0.25) is 0 Å². The zero-order valence-electron chi connectivity index (χ0n) is 9.80. The molecule has 1 nitrogen and oxygen atoms in total. The summed E-state index contributed by atoms with van der Waals surface area (Å²) in [6.45, 7) is 0. The summed E-state index contributed by atoms with van der Waals surface area (Å²) in [5, 5.41) is 0. The SMILES string of the molecule is NC(CCc1ccccc1)C(C(F)(F)F)C(F)(F)F. The summed E-state index contributed by atoms with van der Waals surface area (Å²) in [4.78, 5) is 0. The van der Waals surface area contributed by atoms with E-state index in [1.807, 2.05) is 0 Å². The molecule has 7 heteroatoms. The molecule has 0 fully saturated rings. The molecule has 0 aromatic heterocycles. The Labute approximate surface area is 106 Å². The lowest BCUT2D eigenvalue weighted by atomic mass is 9.93. The van der Waals surface area contributed by atoms with Gasteiger partial charge in [0, 0.05) is 6.04 Å². The molecule has 0 radical (unpaired) electrons. The molecule has 1 rings (SSSR count). The Morgan fingerprint density at radius 1 is 0.895 bits per heavy atom. The summed E-state index contributed by atoms with van der Waals surface area (Å²) in [5.74, 6) is -3.48. The van der Waals surface area contributed by atoms with Crippen molar-refractivity contribution >= 4 is 0 Å². The first kappa shape index (κ1) is 15.8. The number of aryl methyl sites for hydroxylation is 1. The number of alkyl halides is 6. The Balaban J connectivity index is 2.71. The highest BCUT2D eigenvalue weighted by molar-refractivity contribution is 5.14. The van der Waals surface area contributed by atoms with Crippen LogP contribution in [0, 0.1) is 5.92 Å². The van der Waals surface area contributed by atoms with Crippen molar-refractivity contribution in [1.82, 2.24) is 0 Å². The first-order valence-corrected chi connectivity index (χ1v) is 5.55. The fourth-order valence-electron chi connectivity index (χ4n) is 1.82. The Hall–Kier alpha value is -1.24. The molecule has 108 valence electrons. The van der Waals surface area contributed by atoms with Gasteiger partial charge in [-0.25, -0.2) is 0 Å². The van der Waals surface area contributed by atoms with Gasteiger partial charge in [0.15, 0.2) is 5.92 Å². The van der Waals surface area contributed by atoms with Crippen LogP contribution < -0.4 is 5.73 Å². The third kappa shape index (κ3) is 4.74. The molecule has 1 atom stereocenters. The van der Waals surface area contributed by atoms with Gasteiger partial charge in [0.1, 0.15) is 0 Å². The summed E-state index contributed by atoms with van der Waals surface area (Å²) in [6, 6.07) is 6.28. The number of nitrogens with two attached hydrogens (primary N) is 1. The molecule has 0 saturated carbocycles. The molecule has 0 saturated heterocycles. The van der Waals surface area contributed by atoms with E-state index in [4.69, 9.17) is 5.73 Å². The lowest BCUT2D eigenvalue weighted by Gasteiger charge is -2.28. The monoisotopic (exact) mass is 285 g/mol. The van der Waals surface area contributed by atoms with Crippen LogP contribution in [0.4, 0.5) is 26.3 Å². The van der Waals surface area contributed by atoms with E-state index in [1.54, 1.807) is 30.3 Å². The minimum atomic E-state index is -5.38. The van der Waals surface area contributed by atoms with Gasteiger partial charge in [-0.3, -0.25) is 0 Å². The molecular formula is C12H13F6N. The van der Waals surface area contributed by atoms with E-state index in [0.29, 0.717) is 5.56 Å². The van der Waals surface area contributed by atoms with Crippen LogP contribution in [0.5, 0.6) is 0 Å². The number of rotatable bonds is 4. The first-order chi connectivity index (χ1) is 8.62. The van der Waals surface area contributed by atoms with Gasteiger partial charge in [-0.15, -0.1) is 0 Å². The number of hydrogen-bond donors (Lipinski definition) is 1. The Morgan fingerprint density at radius 2 is 1.37 bits per heavy atom. The van der Waals surface area contributed by atoms with E-state index in [-0.39, 0.29) is 12.8 Å². The average molecular weight is 285 g/mol. The third-order valence-electron chi connectivity index (χ3n) is 2.74. The Morgan fingerprint density at radius 3 is 1.79 bits per heavy atom. The van der Waals surface area contributed by atoms with Gasteiger partial charge in [0.05, 0.1) is 0 Å². The Bertz CT molecular complexity index is 369. The molecule has 0 spiro atoms. The van der Waals surface area contributed by atoms with Crippen molar-refractivity contribution in [3.05, 3.63) is 35.9 Å². The van der Waals surface area contributed by atoms with Crippen LogP contribution in [0.1, 0.15) is 12.0 Å². The van der Waals surface area contributed by atoms with Crippen LogP contribution in [-0.4, -0.2) is 18.4 Å². The highest BCUT2D eigenvalue weighted by atomic mass is 19.4. The van der Waals surface area contributed by atoms with Crippen molar-refractivity contribution in [2.75, 3.05) is 0 Å². The molecule has 0 amide bonds. The van der Waals surface area contributed by atoms with Crippen molar-refractivity contribution in [3.63, 3.8) is 0 Å². The summed E-state index contributed by atoms with van der Waals surface area (Å²) >= 11 is 0. The van der Waals surface area contributed by atoms with E-state index >= 15 is 0 Å². The minimum absolute atomic E-state index is 0.0741. The maximum Gasteiger partial charge on any atom is 0.401 e. The quantitative estimate of drug-likeness (QED) is 0.839. The molecule has 0 bridgehead atoms. The lowest BCUT2D eigenvalue weighted by Crippen LogP contribution is -2.49. The maximum atomic E-state index is 12.4. The van der Waals surface area contributed by atoms with Gasteiger partial charge in [0.2, 0.25) is 0 Å². The predicted octanol–water partition coefficient (Wildman–Crippen LogP) is 3.69. The molecule has 1 aromatic carbocycles. The second kappa shape index (κ2) is 5.81. The summed E-state index contributed by atoms with van der Waals surface area (Å²) < 4.78 is 74.4. The third-order valence-corrected chi connectivity index (χ3v) is 2.74. The molecule has 0 aliphatic heterocycles. The molecule has 19 heavy (non-hydrogen) atoms. The maximum absolute atomic E-state index is 12.4. The average Bonchev–Trinajstić information content (AvgIpc) is 2.24. The highest BCUT2D eigenvalue weighted by Crippen LogP contribution is 2.41. The van der Waals surface area contributed by atoms with E-state index in [2.05, 4.69) is 0 Å². The fraction of sp³-hybridized carbons (Fsp3) is 0.500. The van der Waals surface area contributed by atoms with E-state index < -0.39 is 24.3 Å². The van der Waals surface area contributed by atoms with Gasteiger partial charge in [-0.2, -0.15) is 26.3 Å². The highest BCUT2D eigenvalue weighted by Gasteiger charge is 2.59. The predicted molar refractivity (Wildman–Crippen MR) is 58.3 cm³/mol. The number of benzene rings is 1. The lowest BCUT2D eigenvalue weighted by molar-refractivity contribution is -0.289. The van der Waals surface area contributed by atoms with Crippen LogP contribution in [0.25, 0.3) is 0 Å². The van der Waals surface area contributed by atoms with Gasteiger partial charge in [-0.1, -0.05) is 30.3 Å². The van der Waals surface area contributed by atoms with Crippen molar-refractivity contribution in [2.45, 2.75) is 31.2 Å². The summed E-state index contributed by atoms with van der Waals surface area (Å²) in [5.41, 5.74) is 5.75. The van der Waals surface area contributed by atoms with E-state index in [9.17, 15) is 26.3 Å². The largest absolute Gasteiger partial charge is 0.401 e. The summed E-state index contributed by atoms with van der Waals surface area (Å²) in [7, 11) is 0. The van der Waals surface area contributed by atoms with Crippen molar-refractivity contribution in [2.24, 2.45) is 11.7 Å². The smallest absolute Gasteiger partial charge is 0.327 e. The van der Waals surface area contributed by atoms with Crippen molar-refractivity contribution in [3.8, 4) is 0 Å². The van der Waals surface area contributed by atoms with Crippen LogP contribution in [0.15, 0.2) is 30.3 Å². The van der Waals surface area contributed by atoms with Crippen LogP contribution >= 0.6 is 0 Å². The Kier molecular flexibility index (Phi) is 4.84. The second-order valence-electron chi connectivity index (χ2n) is 4.25. The molecular weight excluding hydrogens is 272 g/mol. The molecule has 0 aliphatic carbocycles. The fourth-order valence-corrected chi connectivity index (χ4v) is 1.82. The summed E-state index contributed by atoms with van der Waals surface area (Å²) in [6.07, 6.45) is -11.1. The van der Waals surface area contributed by atoms with Gasteiger partial charge in [-0.05, 0) is 18.4 Å². The normalized spacial score (nSPS) is 14.7. The molecule has 1 aromatic rings.